The molecule has 0 saturated heterocycles. The Bertz CT molecular complexity index is 440. The van der Waals surface area contributed by atoms with Crippen molar-refractivity contribution in [3.8, 4) is 0 Å². The topological polar surface area (TPSA) is 0 Å². The van der Waals surface area contributed by atoms with Gasteiger partial charge in [-0.1, -0.05) is 128 Å². The highest BCUT2D eigenvalue weighted by atomic mass is 35.6. The van der Waals surface area contributed by atoms with Crippen LogP contribution in [0.25, 0.3) is 0 Å². The molecule has 113 valence electrons. The standard InChI is InChI=1S/C10H3Cl10/c11-7(12,9(15,16)17)5-2-1-3-6(4-5)8(13,14)10(18,19)20/h1-2,4H. The van der Waals surface area contributed by atoms with Gasteiger partial charge >= 0.3 is 0 Å². The van der Waals surface area contributed by atoms with Gasteiger partial charge in [-0.3, -0.25) is 0 Å². The molecule has 20 heavy (non-hydrogen) atoms. The first kappa shape index (κ1) is 20.2. The second-order valence-electron chi connectivity index (χ2n) is 3.64. The van der Waals surface area contributed by atoms with Crippen LogP contribution in [-0.4, -0.2) is 7.59 Å². The van der Waals surface area contributed by atoms with E-state index in [0.717, 1.165) is 0 Å². The van der Waals surface area contributed by atoms with Gasteiger partial charge in [0.2, 0.25) is 7.59 Å². The van der Waals surface area contributed by atoms with Gasteiger partial charge in [0, 0.05) is 5.56 Å². The van der Waals surface area contributed by atoms with Crippen LogP contribution < -0.4 is 0 Å². The van der Waals surface area contributed by atoms with E-state index in [1.165, 1.54) is 18.2 Å². The van der Waals surface area contributed by atoms with Crippen LogP contribution in [-0.2, 0) is 8.67 Å². The quantitative estimate of drug-likeness (QED) is 0.387. The number of rotatable bonds is 2. The van der Waals surface area contributed by atoms with E-state index >= 15 is 0 Å². The summed E-state index contributed by atoms with van der Waals surface area (Å²) in [6.45, 7) is 0. The van der Waals surface area contributed by atoms with Crippen LogP contribution in [0.2, 0.25) is 0 Å². The van der Waals surface area contributed by atoms with Crippen molar-refractivity contribution < 1.29 is 0 Å². The lowest BCUT2D eigenvalue weighted by molar-refractivity contribution is 0.844. The highest BCUT2D eigenvalue weighted by Crippen LogP contribution is 2.56. The molecule has 0 N–H and O–H groups in total. The normalized spacial score (nSPS) is 14.5. The molecule has 1 aromatic rings. The predicted molar refractivity (Wildman–Crippen MR) is 92.6 cm³/mol. The monoisotopic (exact) mass is 473 g/mol. The zero-order valence-corrected chi connectivity index (χ0v) is 16.6. The molecule has 0 heterocycles. The minimum Gasteiger partial charge on any atom is -0.0915 e. The number of hydrogen-bond donors (Lipinski definition) is 0. The Kier molecular flexibility index (Phi) is 6.61. The molecule has 10 heteroatoms. The number of alkyl halides is 10. The van der Waals surface area contributed by atoms with E-state index in [0.29, 0.717) is 0 Å². The average molecular weight is 478 g/mol. The number of halogens is 10. The molecule has 0 fully saturated rings. The fraction of sp³-hybridized carbons (Fsp3) is 0.400. The first-order valence-corrected chi connectivity index (χ1v) is 8.41. The zero-order chi connectivity index (χ0) is 16.0. The van der Waals surface area contributed by atoms with Crippen molar-refractivity contribution in [2.24, 2.45) is 0 Å². The molecule has 0 bridgehead atoms. The Morgan fingerprint density at radius 3 is 1.55 bits per heavy atom. The van der Waals surface area contributed by atoms with Crippen LogP contribution in [0.4, 0.5) is 0 Å². The SMILES string of the molecule is ClC(Cl)(Cl)C(Cl)(Cl)c1[c]ccc(C(Cl)(Cl)C(Cl)(Cl)Cl)c1. The van der Waals surface area contributed by atoms with Crippen molar-refractivity contribution in [2.75, 3.05) is 0 Å². The van der Waals surface area contributed by atoms with E-state index in [1.54, 1.807) is 0 Å². The Labute approximate surface area is 166 Å². The molecule has 0 aromatic heterocycles. The van der Waals surface area contributed by atoms with E-state index in [9.17, 15) is 0 Å². The van der Waals surface area contributed by atoms with E-state index in [1.807, 2.05) is 0 Å². The molecule has 1 aromatic carbocycles. The summed E-state index contributed by atoms with van der Waals surface area (Å²) in [4.78, 5) is 0. The molecule has 0 unspecified atom stereocenters. The maximum atomic E-state index is 6.04. The first-order chi connectivity index (χ1) is 8.71. The van der Waals surface area contributed by atoms with Gasteiger partial charge in [0.1, 0.15) is 0 Å². The molecule has 0 aliphatic rings. The van der Waals surface area contributed by atoms with Gasteiger partial charge in [0.15, 0.2) is 8.67 Å². The van der Waals surface area contributed by atoms with Crippen molar-refractivity contribution in [3.63, 3.8) is 0 Å². The fourth-order valence-electron chi connectivity index (χ4n) is 1.16. The van der Waals surface area contributed by atoms with Crippen molar-refractivity contribution in [3.05, 3.63) is 35.4 Å². The Hall–Kier alpha value is 2.12. The van der Waals surface area contributed by atoms with Crippen molar-refractivity contribution in [2.45, 2.75) is 16.3 Å². The molecule has 0 amide bonds. The molecule has 1 rings (SSSR count). The summed E-state index contributed by atoms with van der Waals surface area (Å²) in [5.41, 5.74) is 0.313. The van der Waals surface area contributed by atoms with Gasteiger partial charge < -0.3 is 0 Å². The third-order valence-corrected chi connectivity index (χ3v) is 7.05. The third kappa shape index (κ3) is 4.15. The summed E-state index contributed by atoms with van der Waals surface area (Å²) < 4.78 is -7.79. The van der Waals surface area contributed by atoms with Crippen LogP contribution in [0.1, 0.15) is 11.1 Å². The lowest BCUT2D eigenvalue weighted by Gasteiger charge is -2.31. The van der Waals surface area contributed by atoms with Crippen LogP contribution in [0, 0.1) is 6.07 Å². The summed E-state index contributed by atoms with van der Waals surface area (Å²) in [5, 5.41) is 0. The van der Waals surface area contributed by atoms with Crippen LogP contribution in [0.5, 0.6) is 0 Å². The summed E-state index contributed by atoms with van der Waals surface area (Å²) in [5.74, 6) is 0. The second kappa shape index (κ2) is 6.55. The maximum Gasteiger partial charge on any atom is 0.227 e. The van der Waals surface area contributed by atoms with Gasteiger partial charge in [-0.05, 0) is 17.7 Å². The van der Waals surface area contributed by atoms with E-state index in [-0.39, 0.29) is 11.1 Å². The summed E-state index contributed by atoms with van der Waals surface area (Å²) in [7, 11) is 0. The minimum atomic E-state index is -2.02. The van der Waals surface area contributed by atoms with Gasteiger partial charge in [0.25, 0.3) is 0 Å². The fourth-order valence-corrected chi connectivity index (χ4v) is 2.25. The van der Waals surface area contributed by atoms with Crippen LogP contribution in [0.15, 0.2) is 18.2 Å². The second-order valence-corrected chi connectivity index (χ2v) is 10.9. The molecule has 0 atom stereocenters. The van der Waals surface area contributed by atoms with Crippen LogP contribution >= 0.6 is 116 Å². The lowest BCUT2D eigenvalue weighted by Crippen LogP contribution is -2.31. The van der Waals surface area contributed by atoms with E-state index < -0.39 is 16.3 Å². The molecule has 0 saturated carbocycles. The van der Waals surface area contributed by atoms with Crippen molar-refractivity contribution in [1.82, 2.24) is 0 Å². The molecule has 1 radical (unpaired) electrons. The maximum absolute atomic E-state index is 6.04. The van der Waals surface area contributed by atoms with Crippen molar-refractivity contribution >= 4 is 116 Å². The highest BCUT2D eigenvalue weighted by Gasteiger charge is 2.50. The largest absolute Gasteiger partial charge is 0.227 e. The van der Waals surface area contributed by atoms with Crippen LogP contribution in [0.3, 0.4) is 0 Å². The third-order valence-electron chi connectivity index (χ3n) is 2.21. The molecule has 0 nitrogen and oxygen atoms in total. The molecule has 0 aliphatic carbocycles. The number of hydrogen-bond acceptors (Lipinski definition) is 0. The molecule has 0 aliphatic heterocycles. The van der Waals surface area contributed by atoms with Crippen molar-refractivity contribution in [1.29, 1.82) is 0 Å². The summed E-state index contributed by atoms with van der Waals surface area (Å²) in [6, 6.07) is 6.93. The molecular weight excluding hydrogens is 475 g/mol. The Morgan fingerprint density at radius 1 is 0.700 bits per heavy atom. The lowest BCUT2D eigenvalue weighted by atomic mass is 10.1. The van der Waals surface area contributed by atoms with Gasteiger partial charge in [-0.15, -0.1) is 0 Å². The molecular formula is C10H3Cl10. The van der Waals surface area contributed by atoms with Gasteiger partial charge in [-0.25, -0.2) is 0 Å². The first-order valence-electron chi connectivity index (χ1n) is 4.63. The zero-order valence-electron chi connectivity index (χ0n) is 9.01. The van der Waals surface area contributed by atoms with E-state index in [2.05, 4.69) is 6.07 Å². The highest BCUT2D eigenvalue weighted by molar-refractivity contribution is 6.76. The number of benzene rings is 1. The van der Waals surface area contributed by atoms with Gasteiger partial charge in [0.05, 0.1) is 0 Å². The average Bonchev–Trinajstić information content (AvgIpc) is 2.26. The summed E-state index contributed by atoms with van der Waals surface area (Å²) in [6.07, 6.45) is 0. The molecule has 0 spiro atoms. The minimum absolute atomic E-state index is 0.109. The predicted octanol–water partition coefficient (Wildman–Crippen LogP) is 7.49. The summed E-state index contributed by atoms with van der Waals surface area (Å²) >= 11 is 58.5. The van der Waals surface area contributed by atoms with Gasteiger partial charge in [-0.2, -0.15) is 0 Å². The smallest absolute Gasteiger partial charge is 0.0915 e. The van der Waals surface area contributed by atoms with E-state index in [4.69, 9.17) is 116 Å². The Morgan fingerprint density at radius 2 is 1.15 bits per heavy atom. The Balaban J connectivity index is 3.36.